The largest absolute Gasteiger partial charge is 0.495 e. The number of hydrogen-bond donors (Lipinski definition) is 2. The van der Waals surface area contributed by atoms with Gasteiger partial charge in [-0.05, 0) is 17.7 Å². The number of fused-ring (bicyclic) bond motifs is 3. The molecule has 1 aromatic heterocycles. The zero-order valence-corrected chi connectivity index (χ0v) is 16.1. The number of esters is 1. The maximum atomic E-state index is 12.3. The third kappa shape index (κ3) is 3.83. The summed E-state index contributed by atoms with van der Waals surface area (Å²) in [5.41, 5.74) is 2.08. The number of para-hydroxylation sites is 1. The quantitative estimate of drug-likeness (QED) is 0.474. The third-order valence-corrected chi connectivity index (χ3v) is 4.66. The van der Waals surface area contributed by atoms with Crippen LogP contribution in [0.15, 0.2) is 71.1 Å². The first kappa shape index (κ1) is 19.5. The van der Waals surface area contributed by atoms with Gasteiger partial charge in [-0.1, -0.05) is 48.5 Å². The van der Waals surface area contributed by atoms with Gasteiger partial charge in [0.2, 0.25) is 0 Å². The van der Waals surface area contributed by atoms with Gasteiger partial charge in [0.25, 0.3) is 5.91 Å². The van der Waals surface area contributed by atoms with Crippen molar-refractivity contribution in [2.45, 2.75) is 6.10 Å². The molecule has 0 spiro atoms. The maximum Gasteiger partial charge on any atom is 0.340 e. The Kier molecular flexibility index (Phi) is 5.36. The molecule has 0 unspecified atom stereocenters. The monoisotopic (exact) mass is 405 g/mol. The van der Waals surface area contributed by atoms with Crippen LogP contribution in [0, 0.1) is 0 Å². The zero-order valence-electron chi connectivity index (χ0n) is 16.1. The van der Waals surface area contributed by atoms with Gasteiger partial charge in [-0.25, -0.2) is 4.79 Å². The number of carbonyl (C=O) groups is 2. The molecule has 0 radical (unpaired) electrons. The van der Waals surface area contributed by atoms with Gasteiger partial charge in [0, 0.05) is 16.8 Å². The Balaban J connectivity index is 1.47. The normalized spacial score (nSPS) is 11.9. The number of aliphatic hydroxyl groups excluding tert-OH is 1. The highest BCUT2D eigenvalue weighted by atomic mass is 16.5. The van der Waals surface area contributed by atoms with Gasteiger partial charge in [0.15, 0.2) is 12.7 Å². The Bertz CT molecular complexity index is 1210. The molecule has 4 rings (SSSR count). The summed E-state index contributed by atoms with van der Waals surface area (Å²) in [6.45, 7) is -0.552. The summed E-state index contributed by atoms with van der Waals surface area (Å²) >= 11 is 0. The van der Waals surface area contributed by atoms with E-state index in [-0.39, 0.29) is 0 Å². The molecule has 1 amide bonds. The van der Waals surface area contributed by atoms with E-state index in [4.69, 9.17) is 13.9 Å². The number of anilines is 1. The van der Waals surface area contributed by atoms with E-state index in [0.29, 0.717) is 22.6 Å². The first-order valence-electron chi connectivity index (χ1n) is 9.25. The molecule has 152 valence electrons. The lowest BCUT2D eigenvalue weighted by molar-refractivity contribution is -0.156. The number of amides is 1. The molecule has 30 heavy (non-hydrogen) atoms. The zero-order chi connectivity index (χ0) is 21.1. The van der Waals surface area contributed by atoms with E-state index in [1.54, 1.807) is 42.5 Å². The second kappa shape index (κ2) is 8.26. The van der Waals surface area contributed by atoms with Crippen molar-refractivity contribution >= 4 is 39.5 Å². The van der Waals surface area contributed by atoms with Crippen LogP contribution in [0.2, 0.25) is 0 Å². The first-order chi connectivity index (χ1) is 14.6. The molecule has 1 heterocycles. The minimum Gasteiger partial charge on any atom is -0.495 e. The van der Waals surface area contributed by atoms with Crippen molar-refractivity contribution in [2.24, 2.45) is 0 Å². The Morgan fingerprint density at radius 1 is 1.00 bits per heavy atom. The highest BCUT2D eigenvalue weighted by molar-refractivity contribution is 6.07. The second-order valence-corrected chi connectivity index (χ2v) is 6.62. The number of carbonyl (C=O) groups excluding carboxylic acids is 2. The Morgan fingerprint density at radius 2 is 1.73 bits per heavy atom. The highest BCUT2D eigenvalue weighted by Gasteiger charge is 2.20. The van der Waals surface area contributed by atoms with E-state index in [9.17, 15) is 14.7 Å². The molecule has 2 N–H and O–H groups in total. The van der Waals surface area contributed by atoms with E-state index in [2.05, 4.69) is 5.32 Å². The molecule has 7 heteroatoms. The van der Waals surface area contributed by atoms with E-state index in [1.165, 1.54) is 7.11 Å². The summed E-state index contributed by atoms with van der Waals surface area (Å²) in [4.78, 5) is 24.3. The van der Waals surface area contributed by atoms with E-state index >= 15 is 0 Å². The van der Waals surface area contributed by atoms with Crippen LogP contribution in [0.4, 0.5) is 5.69 Å². The number of furan rings is 1. The summed E-state index contributed by atoms with van der Waals surface area (Å²) in [5, 5.41) is 14.5. The van der Waals surface area contributed by atoms with Gasteiger partial charge < -0.3 is 24.3 Å². The predicted molar refractivity (Wildman–Crippen MR) is 111 cm³/mol. The molecule has 0 aliphatic heterocycles. The Morgan fingerprint density at radius 3 is 2.50 bits per heavy atom. The minimum atomic E-state index is -1.46. The standard InChI is InChI=1S/C23H19NO6/c1-28-20-11-16-15-9-5-6-10-18(15)30-19(16)12-17(20)24-21(25)13-29-23(27)22(26)14-7-3-2-4-8-14/h2-12,22,26H,13H2,1H3,(H,24,25)/t22-/m0/s1. The van der Waals surface area contributed by atoms with Crippen molar-refractivity contribution in [3.8, 4) is 5.75 Å². The van der Waals surface area contributed by atoms with E-state index in [1.807, 2.05) is 24.3 Å². The van der Waals surface area contributed by atoms with Gasteiger partial charge in [-0.2, -0.15) is 0 Å². The lowest BCUT2D eigenvalue weighted by atomic mass is 10.1. The SMILES string of the molecule is COc1cc2c(cc1NC(=O)COC(=O)[C@@H](O)c1ccccc1)oc1ccccc12. The van der Waals surface area contributed by atoms with Gasteiger partial charge >= 0.3 is 5.97 Å². The maximum absolute atomic E-state index is 12.3. The number of aliphatic hydroxyl groups is 1. The van der Waals surface area contributed by atoms with E-state index in [0.717, 1.165) is 16.4 Å². The first-order valence-corrected chi connectivity index (χ1v) is 9.25. The molecule has 1 atom stereocenters. The Hall–Kier alpha value is -3.84. The topological polar surface area (TPSA) is 98.0 Å². The number of methoxy groups -OCH3 is 1. The van der Waals surface area contributed by atoms with E-state index < -0.39 is 24.6 Å². The summed E-state index contributed by atoms with van der Waals surface area (Å²) < 4.78 is 16.2. The molecule has 0 saturated carbocycles. The van der Waals surface area contributed by atoms with Crippen molar-refractivity contribution < 1.29 is 28.6 Å². The molecule has 7 nitrogen and oxygen atoms in total. The lowest BCUT2D eigenvalue weighted by Gasteiger charge is -2.12. The number of rotatable bonds is 6. The van der Waals surface area contributed by atoms with Gasteiger partial charge in [0.1, 0.15) is 16.9 Å². The van der Waals surface area contributed by atoms with Crippen LogP contribution < -0.4 is 10.1 Å². The number of ether oxygens (including phenoxy) is 2. The fraction of sp³-hybridized carbons (Fsp3) is 0.130. The predicted octanol–water partition coefficient (Wildman–Crippen LogP) is 3.81. The van der Waals surface area contributed by atoms with Crippen molar-refractivity contribution in [2.75, 3.05) is 19.0 Å². The molecule has 0 aliphatic carbocycles. The molecule has 0 aliphatic rings. The molecule has 0 bridgehead atoms. The van der Waals surface area contributed by atoms with Crippen molar-refractivity contribution in [3.63, 3.8) is 0 Å². The summed E-state index contributed by atoms with van der Waals surface area (Å²) in [6, 6.07) is 19.4. The van der Waals surface area contributed by atoms with Crippen molar-refractivity contribution in [1.82, 2.24) is 0 Å². The fourth-order valence-corrected chi connectivity index (χ4v) is 3.19. The van der Waals surface area contributed by atoms with Crippen LogP contribution in [0.5, 0.6) is 5.75 Å². The summed E-state index contributed by atoms with van der Waals surface area (Å²) in [5.74, 6) is -1.04. The van der Waals surface area contributed by atoms with Gasteiger partial charge in [0.05, 0.1) is 12.8 Å². The smallest absolute Gasteiger partial charge is 0.340 e. The second-order valence-electron chi connectivity index (χ2n) is 6.62. The minimum absolute atomic E-state index is 0.383. The van der Waals surface area contributed by atoms with Crippen LogP contribution in [0.1, 0.15) is 11.7 Å². The number of hydrogen-bond acceptors (Lipinski definition) is 6. The summed E-state index contributed by atoms with van der Waals surface area (Å²) in [6.07, 6.45) is -1.46. The molecular weight excluding hydrogens is 386 g/mol. The molecule has 3 aromatic carbocycles. The van der Waals surface area contributed by atoms with Crippen molar-refractivity contribution in [1.29, 1.82) is 0 Å². The van der Waals surface area contributed by atoms with Crippen molar-refractivity contribution in [3.05, 3.63) is 72.3 Å². The third-order valence-electron chi connectivity index (χ3n) is 4.66. The van der Waals surface area contributed by atoms with Gasteiger partial charge in [-0.15, -0.1) is 0 Å². The molecule has 0 saturated heterocycles. The molecule has 0 fully saturated rings. The highest BCUT2D eigenvalue weighted by Crippen LogP contribution is 2.36. The average Bonchev–Trinajstić information content (AvgIpc) is 3.14. The molecule has 4 aromatic rings. The summed E-state index contributed by atoms with van der Waals surface area (Å²) in [7, 11) is 1.50. The van der Waals surface area contributed by atoms with Crippen LogP contribution in [-0.2, 0) is 14.3 Å². The molecular formula is C23H19NO6. The van der Waals surface area contributed by atoms with Crippen LogP contribution in [-0.4, -0.2) is 30.7 Å². The Labute approximate surface area is 171 Å². The van der Waals surface area contributed by atoms with Gasteiger partial charge in [-0.3, -0.25) is 4.79 Å². The number of nitrogens with one attached hydrogen (secondary N) is 1. The lowest BCUT2D eigenvalue weighted by Crippen LogP contribution is -2.24. The van der Waals surface area contributed by atoms with Crippen LogP contribution in [0.3, 0.4) is 0 Å². The number of benzene rings is 3. The average molecular weight is 405 g/mol. The van der Waals surface area contributed by atoms with Crippen LogP contribution in [0.25, 0.3) is 21.9 Å². The van der Waals surface area contributed by atoms with Crippen LogP contribution >= 0.6 is 0 Å². The fourth-order valence-electron chi connectivity index (χ4n) is 3.19.